The molecule has 6 nitrogen and oxygen atoms in total. The van der Waals surface area contributed by atoms with Crippen molar-refractivity contribution in [3.63, 3.8) is 0 Å². The number of hydrogen-bond acceptors (Lipinski definition) is 6. The van der Waals surface area contributed by atoms with Crippen LogP contribution in [0.1, 0.15) is 26.3 Å². The minimum atomic E-state index is -1.72. The van der Waals surface area contributed by atoms with Crippen LogP contribution in [0.3, 0.4) is 0 Å². The summed E-state index contributed by atoms with van der Waals surface area (Å²) in [6.07, 6.45) is 0. The van der Waals surface area contributed by atoms with E-state index in [0.29, 0.717) is 22.1 Å². The fraction of sp³-hybridized carbons (Fsp3) is 0.261. The predicted molar refractivity (Wildman–Crippen MR) is 109 cm³/mol. The number of ether oxygens (including phenoxy) is 2. The second-order valence-electron chi connectivity index (χ2n) is 6.58. The molecule has 2 aromatic carbocycles. The smallest absolute Gasteiger partial charge is 0.327 e. The highest BCUT2D eigenvalue weighted by atomic mass is 16.6. The number of carbonyl (C=O) groups is 2. The molecule has 0 atom stereocenters. The minimum absolute atomic E-state index is 0.112. The van der Waals surface area contributed by atoms with E-state index in [1.165, 1.54) is 13.0 Å². The van der Waals surface area contributed by atoms with E-state index in [0.717, 1.165) is 0 Å². The van der Waals surface area contributed by atoms with Crippen molar-refractivity contribution < 1.29 is 23.5 Å². The highest BCUT2D eigenvalue weighted by Crippen LogP contribution is 2.36. The molecule has 6 heteroatoms. The van der Waals surface area contributed by atoms with Crippen LogP contribution in [-0.2, 0) is 24.5 Å². The molecule has 3 aromatic rings. The lowest BCUT2D eigenvalue weighted by Crippen LogP contribution is -2.44. The van der Waals surface area contributed by atoms with E-state index in [2.05, 4.69) is 0 Å². The molecule has 1 heterocycles. The van der Waals surface area contributed by atoms with Crippen LogP contribution in [0.25, 0.3) is 22.3 Å². The normalized spacial score (nSPS) is 11.3. The number of carbonyl (C=O) groups excluding carboxylic acids is 2. The Morgan fingerprint density at radius 3 is 2.17 bits per heavy atom. The fourth-order valence-corrected chi connectivity index (χ4v) is 3.22. The topological polar surface area (TPSA) is 82.8 Å². The molecule has 0 bridgehead atoms. The van der Waals surface area contributed by atoms with Crippen LogP contribution in [0.4, 0.5) is 0 Å². The standard InChI is InChI=1S/C23H22O6/c1-4-27-21(25)23(3,22(26)28-5-2)17-12-8-6-10-15(17)20-14-18(24)16-11-7-9-13-19(16)29-20/h6-14H,4-5H2,1-3H3. The van der Waals surface area contributed by atoms with Crippen molar-refractivity contribution in [3.8, 4) is 11.3 Å². The molecule has 0 saturated heterocycles. The van der Waals surface area contributed by atoms with E-state index in [9.17, 15) is 14.4 Å². The largest absolute Gasteiger partial charge is 0.465 e. The van der Waals surface area contributed by atoms with Gasteiger partial charge in [-0.1, -0.05) is 36.4 Å². The molecule has 0 aliphatic rings. The summed E-state index contributed by atoms with van der Waals surface area (Å²) in [7, 11) is 0. The summed E-state index contributed by atoms with van der Waals surface area (Å²) in [4.78, 5) is 38.2. The minimum Gasteiger partial charge on any atom is -0.465 e. The number of esters is 2. The van der Waals surface area contributed by atoms with Crippen molar-refractivity contribution in [1.29, 1.82) is 0 Å². The quantitative estimate of drug-likeness (QED) is 0.467. The Balaban J connectivity index is 2.25. The highest BCUT2D eigenvalue weighted by Gasteiger charge is 2.47. The van der Waals surface area contributed by atoms with Crippen LogP contribution in [0.2, 0.25) is 0 Å². The van der Waals surface area contributed by atoms with Gasteiger partial charge in [-0.2, -0.15) is 0 Å². The zero-order valence-electron chi connectivity index (χ0n) is 16.6. The third-order valence-corrected chi connectivity index (χ3v) is 4.73. The Hall–Kier alpha value is -3.41. The summed E-state index contributed by atoms with van der Waals surface area (Å²) in [5.41, 5.74) is -0.731. The van der Waals surface area contributed by atoms with Crippen molar-refractivity contribution in [2.24, 2.45) is 0 Å². The molecule has 0 fully saturated rings. The first-order valence-electron chi connectivity index (χ1n) is 9.40. The van der Waals surface area contributed by atoms with Gasteiger partial charge in [0.15, 0.2) is 10.8 Å². The lowest BCUT2D eigenvalue weighted by molar-refractivity contribution is -0.163. The first-order valence-corrected chi connectivity index (χ1v) is 9.40. The van der Waals surface area contributed by atoms with Gasteiger partial charge in [-0.3, -0.25) is 14.4 Å². The van der Waals surface area contributed by atoms with Gasteiger partial charge in [0.05, 0.1) is 18.6 Å². The zero-order chi connectivity index (χ0) is 21.0. The Morgan fingerprint density at radius 2 is 1.52 bits per heavy atom. The van der Waals surface area contributed by atoms with Gasteiger partial charge in [-0.15, -0.1) is 0 Å². The number of benzene rings is 2. The molecule has 150 valence electrons. The molecule has 0 radical (unpaired) electrons. The molecule has 0 aliphatic heterocycles. The SMILES string of the molecule is CCOC(=O)C(C)(C(=O)OCC)c1ccccc1-c1cc(=O)c2ccccc2o1. The average Bonchev–Trinajstić information content (AvgIpc) is 2.73. The molecule has 0 N–H and O–H groups in total. The molecule has 0 unspecified atom stereocenters. The van der Waals surface area contributed by atoms with Crippen LogP contribution in [-0.4, -0.2) is 25.2 Å². The monoisotopic (exact) mass is 394 g/mol. The van der Waals surface area contributed by atoms with Gasteiger partial charge < -0.3 is 13.9 Å². The van der Waals surface area contributed by atoms with Crippen LogP contribution in [0.5, 0.6) is 0 Å². The maximum Gasteiger partial charge on any atom is 0.327 e. The Bertz CT molecular complexity index is 1090. The fourth-order valence-electron chi connectivity index (χ4n) is 3.22. The zero-order valence-corrected chi connectivity index (χ0v) is 16.6. The van der Waals surface area contributed by atoms with Crippen LogP contribution in [0.15, 0.2) is 63.8 Å². The maximum absolute atomic E-state index is 12.8. The number of para-hydroxylation sites is 1. The average molecular weight is 394 g/mol. The van der Waals surface area contributed by atoms with E-state index in [1.54, 1.807) is 62.4 Å². The van der Waals surface area contributed by atoms with E-state index in [4.69, 9.17) is 13.9 Å². The molecule has 0 amide bonds. The van der Waals surface area contributed by atoms with Gasteiger partial charge in [0, 0.05) is 11.6 Å². The maximum atomic E-state index is 12.8. The molecular weight excluding hydrogens is 372 g/mol. The van der Waals surface area contributed by atoms with Gasteiger partial charge >= 0.3 is 11.9 Å². The summed E-state index contributed by atoms with van der Waals surface area (Å²) >= 11 is 0. The van der Waals surface area contributed by atoms with Crippen LogP contribution >= 0.6 is 0 Å². The summed E-state index contributed by atoms with van der Waals surface area (Å²) in [5.74, 6) is -1.20. The van der Waals surface area contributed by atoms with E-state index in [-0.39, 0.29) is 24.4 Å². The number of rotatable bonds is 6. The Morgan fingerprint density at radius 1 is 0.931 bits per heavy atom. The molecule has 0 spiro atoms. The van der Waals surface area contributed by atoms with E-state index < -0.39 is 17.4 Å². The molecule has 0 aliphatic carbocycles. The van der Waals surface area contributed by atoms with Crippen molar-refractivity contribution in [2.45, 2.75) is 26.2 Å². The summed E-state index contributed by atoms with van der Waals surface area (Å²) in [5, 5.41) is 0.451. The molecule has 1 aromatic heterocycles. The Labute approximate surface area is 168 Å². The lowest BCUT2D eigenvalue weighted by atomic mass is 9.79. The summed E-state index contributed by atoms with van der Waals surface area (Å²) in [6, 6.07) is 15.0. The second kappa shape index (κ2) is 8.31. The number of hydrogen-bond donors (Lipinski definition) is 0. The van der Waals surface area contributed by atoms with Gasteiger partial charge in [0.25, 0.3) is 0 Å². The lowest BCUT2D eigenvalue weighted by Gasteiger charge is -2.27. The first kappa shape index (κ1) is 20.3. The molecule has 3 rings (SSSR count). The van der Waals surface area contributed by atoms with Gasteiger partial charge in [0.1, 0.15) is 11.3 Å². The summed E-state index contributed by atoms with van der Waals surface area (Å²) < 4.78 is 16.3. The third-order valence-electron chi connectivity index (χ3n) is 4.73. The van der Waals surface area contributed by atoms with Gasteiger partial charge in [-0.05, 0) is 38.5 Å². The molecule has 29 heavy (non-hydrogen) atoms. The van der Waals surface area contributed by atoms with Gasteiger partial charge in [0.2, 0.25) is 0 Å². The molecule has 0 saturated carbocycles. The predicted octanol–water partition coefficient (Wildman–Crippen LogP) is 3.84. The Kier molecular flexibility index (Phi) is 5.82. The van der Waals surface area contributed by atoms with Crippen LogP contribution < -0.4 is 5.43 Å². The molecular formula is C23H22O6. The second-order valence-corrected chi connectivity index (χ2v) is 6.58. The highest BCUT2D eigenvalue weighted by molar-refractivity contribution is 6.07. The van der Waals surface area contributed by atoms with Gasteiger partial charge in [-0.25, -0.2) is 0 Å². The van der Waals surface area contributed by atoms with Crippen molar-refractivity contribution in [1.82, 2.24) is 0 Å². The summed E-state index contributed by atoms with van der Waals surface area (Å²) in [6.45, 7) is 5.01. The van der Waals surface area contributed by atoms with E-state index >= 15 is 0 Å². The van der Waals surface area contributed by atoms with E-state index in [1.807, 2.05) is 0 Å². The van der Waals surface area contributed by atoms with Crippen molar-refractivity contribution in [3.05, 3.63) is 70.4 Å². The third kappa shape index (κ3) is 3.66. The number of fused-ring (bicyclic) bond motifs is 1. The van der Waals surface area contributed by atoms with Crippen molar-refractivity contribution >= 4 is 22.9 Å². The first-order chi connectivity index (χ1) is 13.9. The van der Waals surface area contributed by atoms with Crippen LogP contribution in [0, 0.1) is 0 Å². The van der Waals surface area contributed by atoms with Crippen molar-refractivity contribution in [2.75, 3.05) is 13.2 Å².